The molecular weight excluding hydrogens is 184 g/mol. The molecule has 0 saturated heterocycles. The summed E-state index contributed by atoms with van der Waals surface area (Å²) in [5.74, 6) is 0.345. The topological polar surface area (TPSA) is 70.7 Å². The van der Waals surface area contributed by atoms with E-state index in [1.807, 2.05) is 0 Å². The minimum absolute atomic E-state index is 0.345. The van der Waals surface area contributed by atoms with Gasteiger partial charge in [-0.1, -0.05) is 6.07 Å². The summed E-state index contributed by atoms with van der Waals surface area (Å²) in [6.07, 6.45) is 1.00. The average molecular weight is 196 g/mol. The molecule has 0 fully saturated rings. The van der Waals surface area contributed by atoms with E-state index >= 15 is 0 Å². The van der Waals surface area contributed by atoms with Crippen LogP contribution < -0.4 is 5.63 Å². The predicted molar refractivity (Wildman–Crippen MR) is 51.7 cm³/mol. The fraction of sp³-hybridized carbons (Fsp3) is 0.300. The van der Waals surface area contributed by atoms with Gasteiger partial charge in [-0.15, -0.1) is 0 Å². The Hall–Kier alpha value is -1.39. The highest BCUT2D eigenvalue weighted by atomic mass is 16.4. The molecule has 0 spiro atoms. The monoisotopic (exact) mass is 196 g/mol. The first-order valence-electron chi connectivity index (χ1n) is 4.24. The fourth-order valence-electron chi connectivity index (χ4n) is 0.850. The molecule has 2 unspecified atom stereocenters. The molecule has 0 aromatic carbocycles. The molecule has 76 valence electrons. The fourth-order valence-corrected chi connectivity index (χ4v) is 0.850. The van der Waals surface area contributed by atoms with Crippen LogP contribution in [0.4, 0.5) is 0 Å². The highest BCUT2D eigenvalue weighted by Crippen LogP contribution is 2.01. The van der Waals surface area contributed by atoms with Gasteiger partial charge in [-0.05, 0) is 25.1 Å². The third-order valence-corrected chi connectivity index (χ3v) is 1.66. The van der Waals surface area contributed by atoms with E-state index in [0.29, 0.717) is 5.76 Å². The van der Waals surface area contributed by atoms with Gasteiger partial charge in [-0.2, -0.15) is 0 Å². The Bertz CT molecular complexity index is 364. The average Bonchev–Trinajstić information content (AvgIpc) is 2.14. The summed E-state index contributed by atoms with van der Waals surface area (Å²) in [6, 6.07) is 4.44. The molecule has 0 aliphatic heterocycles. The van der Waals surface area contributed by atoms with Crippen molar-refractivity contribution in [2.75, 3.05) is 0 Å². The first-order chi connectivity index (χ1) is 6.59. The molecule has 0 aliphatic carbocycles. The van der Waals surface area contributed by atoms with Crippen LogP contribution in [0.1, 0.15) is 12.7 Å². The van der Waals surface area contributed by atoms with Gasteiger partial charge >= 0.3 is 5.63 Å². The Morgan fingerprint density at radius 1 is 1.43 bits per heavy atom. The molecule has 2 atom stereocenters. The van der Waals surface area contributed by atoms with Crippen LogP contribution >= 0.6 is 0 Å². The zero-order valence-electron chi connectivity index (χ0n) is 7.75. The Balaban J connectivity index is 2.73. The molecule has 0 bridgehead atoms. The van der Waals surface area contributed by atoms with E-state index in [-0.39, 0.29) is 0 Å². The van der Waals surface area contributed by atoms with Crippen LogP contribution in [-0.4, -0.2) is 22.4 Å². The van der Waals surface area contributed by atoms with Gasteiger partial charge in [0.15, 0.2) is 0 Å². The van der Waals surface area contributed by atoms with Gasteiger partial charge in [0.25, 0.3) is 0 Å². The molecule has 1 aromatic rings. The molecule has 1 rings (SSSR count). The Kier molecular flexibility index (Phi) is 3.62. The SMILES string of the molecule is CC(O)C(O)/C=C/c1cccc(=O)o1. The van der Waals surface area contributed by atoms with Crippen molar-refractivity contribution in [1.82, 2.24) is 0 Å². The van der Waals surface area contributed by atoms with Gasteiger partial charge < -0.3 is 14.6 Å². The van der Waals surface area contributed by atoms with Crippen molar-refractivity contribution in [3.63, 3.8) is 0 Å². The standard InChI is InChI=1S/C10H12O4/c1-7(11)9(12)6-5-8-3-2-4-10(13)14-8/h2-7,9,11-12H,1H3/b6-5+. The maximum Gasteiger partial charge on any atom is 0.336 e. The Labute approximate surface area is 81.1 Å². The van der Waals surface area contributed by atoms with E-state index < -0.39 is 17.8 Å². The summed E-state index contributed by atoms with van der Waals surface area (Å²) in [5, 5.41) is 18.2. The molecular formula is C10H12O4. The van der Waals surface area contributed by atoms with Crippen LogP contribution in [0.25, 0.3) is 6.08 Å². The molecule has 1 aromatic heterocycles. The number of hydrogen-bond donors (Lipinski definition) is 2. The summed E-state index contributed by atoms with van der Waals surface area (Å²) >= 11 is 0. The lowest BCUT2D eigenvalue weighted by atomic mass is 10.2. The quantitative estimate of drug-likeness (QED) is 0.733. The van der Waals surface area contributed by atoms with Crippen molar-refractivity contribution >= 4 is 6.08 Å². The summed E-state index contributed by atoms with van der Waals surface area (Å²) in [6.45, 7) is 1.47. The van der Waals surface area contributed by atoms with E-state index in [2.05, 4.69) is 0 Å². The largest absolute Gasteiger partial charge is 0.423 e. The van der Waals surface area contributed by atoms with Crippen LogP contribution in [-0.2, 0) is 0 Å². The highest BCUT2D eigenvalue weighted by Gasteiger charge is 2.05. The number of hydrogen-bond acceptors (Lipinski definition) is 4. The predicted octanol–water partition coefficient (Wildman–Crippen LogP) is 0.395. The van der Waals surface area contributed by atoms with Crippen molar-refractivity contribution in [2.24, 2.45) is 0 Å². The number of rotatable bonds is 3. The van der Waals surface area contributed by atoms with Crippen LogP contribution in [0.15, 0.2) is 33.5 Å². The van der Waals surface area contributed by atoms with Crippen molar-refractivity contribution in [1.29, 1.82) is 0 Å². The van der Waals surface area contributed by atoms with Crippen molar-refractivity contribution in [3.05, 3.63) is 40.5 Å². The molecule has 0 saturated carbocycles. The van der Waals surface area contributed by atoms with E-state index in [9.17, 15) is 9.90 Å². The lowest BCUT2D eigenvalue weighted by Crippen LogP contribution is -2.19. The van der Waals surface area contributed by atoms with Gasteiger partial charge in [0.1, 0.15) is 5.76 Å². The smallest absolute Gasteiger partial charge is 0.336 e. The van der Waals surface area contributed by atoms with Crippen LogP contribution in [0.3, 0.4) is 0 Å². The van der Waals surface area contributed by atoms with Crippen LogP contribution in [0, 0.1) is 0 Å². The maximum absolute atomic E-state index is 10.8. The second kappa shape index (κ2) is 4.74. The van der Waals surface area contributed by atoms with Crippen molar-refractivity contribution in [2.45, 2.75) is 19.1 Å². The highest BCUT2D eigenvalue weighted by molar-refractivity contribution is 5.42. The van der Waals surface area contributed by atoms with E-state index in [1.165, 1.54) is 25.1 Å². The zero-order chi connectivity index (χ0) is 10.6. The number of aliphatic hydroxyl groups is 2. The molecule has 0 radical (unpaired) electrons. The molecule has 4 nitrogen and oxygen atoms in total. The molecule has 4 heteroatoms. The van der Waals surface area contributed by atoms with Gasteiger partial charge in [0.05, 0.1) is 12.2 Å². The van der Waals surface area contributed by atoms with E-state index in [0.717, 1.165) is 0 Å². The second-order valence-corrected chi connectivity index (χ2v) is 2.94. The molecule has 0 aliphatic rings. The summed E-state index contributed by atoms with van der Waals surface area (Å²) in [7, 11) is 0. The Morgan fingerprint density at radius 2 is 2.14 bits per heavy atom. The van der Waals surface area contributed by atoms with Crippen LogP contribution in [0.2, 0.25) is 0 Å². The molecule has 14 heavy (non-hydrogen) atoms. The van der Waals surface area contributed by atoms with Gasteiger partial charge in [-0.25, -0.2) is 4.79 Å². The normalized spacial score (nSPS) is 15.6. The van der Waals surface area contributed by atoms with Gasteiger partial charge in [0, 0.05) is 6.07 Å². The number of aliphatic hydroxyl groups excluding tert-OH is 2. The summed E-state index contributed by atoms with van der Waals surface area (Å²) in [4.78, 5) is 10.8. The Morgan fingerprint density at radius 3 is 2.71 bits per heavy atom. The summed E-state index contributed by atoms with van der Waals surface area (Å²) < 4.78 is 4.77. The van der Waals surface area contributed by atoms with Gasteiger partial charge in [-0.3, -0.25) is 0 Å². The van der Waals surface area contributed by atoms with Crippen molar-refractivity contribution in [3.8, 4) is 0 Å². The van der Waals surface area contributed by atoms with Crippen LogP contribution in [0.5, 0.6) is 0 Å². The minimum Gasteiger partial charge on any atom is -0.423 e. The third-order valence-electron chi connectivity index (χ3n) is 1.66. The first-order valence-corrected chi connectivity index (χ1v) is 4.24. The van der Waals surface area contributed by atoms with Crippen molar-refractivity contribution < 1.29 is 14.6 Å². The molecule has 0 amide bonds. The summed E-state index contributed by atoms with van der Waals surface area (Å²) in [5.41, 5.74) is -0.446. The van der Waals surface area contributed by atoms with Gasteiger partial charge in [0.2, 0.25) is 0 Å². The first kappa shape index (κ1) is 10.7. The zero-order valence-corrected chi connectivity index (χ0v) is 7.75. The maximum atomic E-state index is 10.8. The third kappa shape index (κ3) is 3.16. The minimum atomic E-state index is -0.958. The second-order valence-electron chi connectivity index (χ2n) is 2.94. The lowest BCUT2D eigenvalue weighted by molar-refractivity contribution is 0.0623. The van der Waals surface area contributed by atoms with E-state index in [1.54, 1.807) is 12.1 Å². The molecule has 2 N–H and O–H groups in total. The van der Waals surface area contributed by atoms with E-state index in [4.69, 9.17) is 9.52 Å². The molecule has 1 heterocycles. The lowest BCUT2D eigenvalue weighted by Gasteiger charge is -2.06.